The van der Waals surface area contributed by atoms with Crippen LogP contribution in [0.4, 0.5) is 15.8 Å². The molecule has 0 radical (unpaired) electrons. The first-order chi connectivity index (χ1) is 20.7. The molecular weight excluding hydrogens is 543 g/mol. The topological polar surface area (TPSA) is 141 Å². The summed E-state index contributed by atoms with van der Waals surface area (Å²) in [7, 11) is 0. The number of fused-ring (bicyclic) bond motifs is 1. The van der Waals surface area contributed by atoms with Crippen LogP contribution in [0, 0.1) is 33.9 Å². The Morgan fingerprint density at radius 3 is 2.47 bits per heavy atom. The summed E-state index contributed by atoms with van der Waals surface area (Å²) in [5.41, 5.74) is 4.18. The Balaban J connectivity index is 1.44. The van der Waals surface area contributed by atoms with Crippen LogP contribution in [0.25, 0.3) is 10.9 Å². The van der Waals surface area contributed by atoms with Gasteiger partial charge in [-0.05, 0) is 60.2 Å². The van der Waals surface area contributed by atoms with Gasteiger partial charge in [0.2, 0.25) is 0 Å². The Morgan fingerprint density at radius 2 is 1.81 bits per heavy atom. The smallest absolute Gasteiger partial charge is 0.123 e. The van der Waals surface area contributed by atoms with Gasteiger partial charge in [-0.15, -0.1) is 5.10 Å². The number of nitrogens with zero attached hydrogens (tertiary/aromatic N) is 8. The maximum absolute atomic E-state index is 13.9. The van der Waals surface area contributed by atoms with Gasteiger partial charge in [-0.2, -0.15) is 20.7 Å². The van der Waals surface area contributed by atoms with E-state index in [1.807, 2.05) is 29.1 Å². The van der Waals surface area contributed by atoms with E-state index in [9.17, 15) is 14.9 Å². The average molecular weight is 573 g/mol. The minimum atomic E-state index is -0.533. The van der Waals surface area contributed by atoms with Crippen molar-refractivity contribution in [3.8, 4) is 12.1 Å². The van der Waals surface area contributed by atoms with Gasteiger partial charge in [-0.3, -0.25) is 4.98 Å². The molecule has 6 rings (SSSR count). The monoisotopic (exact) mass is 572 g/mol. The van der Waals surface area contributed by atoms with Crippen molar-refractivity contribution < 1.29 is 4.39 Å². The van der Waals surface area contributed by atoms with Crippen molar-refractivity contribution in [3.05, 3.63) is 101 Å². The van der Waals surface area contributed by atoms with Crippen LogP contribution in [0.2, 0.25) is 0 Å². The van der Waals surface area contributed by atoms with Crippen LogP contribution in [-0.2, 0) is 5.54 Å². The fourth-order valence-corrected chi connectivity index (χ4v) is 5.14. The molecule has 214 valence electrons. The summed E-state index contributed by atoms with van der Waals surface area (Å²) in [6.07, 6.45) is 6.72. The van der Waals surface area contributed by atoms with Gasteiger partial charge in [-0.25, -0.2) is 9.07 Å². The Labute approximate surface area is 248 Å². The highest BCUT2D eigenvalue weighted by atomic mass is 19.1. The molecule has 43 heavy (non-hydrogen) atoms. The molecule has 1 aliphatic rings. The summed E-state index contributed by atoms with van der Waals surface area (Å²) in [6.45, 7) is 6.90. The second-order valence-corrected chi connectivity index (χ2v) is 12.0. The summed E-state index contributed by atoms with van der Waals surface area (Å²) < 4.78 is 15.8. The van der Waals surface area contributed by atoms with E-state index in [4.69, 9.17) is 0 Å². The normalized spacial score (nSPS) is 14.5. The summed E-state index contributed by atoms with van der Waals surface area (Å²) in [5, 5.41) is 44.8. The van der Waals surface area contributed by atoms with Gasteiger partial charge in [-0.1, -0.05) is 38.1 Å². The highest BCUT2D eigenvalue weighted by Crippen LogP contribution is 2.48. The molecule has 10 nitrogen and oxygen atoms in total. The van der Waals surface area contributed by atoms with E-state index in [1.54, 1.807) is 24.4 Å². The third kappa shape index (κ3) is 5.45. The molecule has 2 N–H and O–H groups in total. The minimum absolute atomic E-state index is 0.0556. The molecular formula is C32H29FN10. The predicted octanol–water partition coefficient (Wildman–Crippen LogP) is 5.70. The first-order valence-electron chi connectivity index (χ1n) is 13.9. The molecule has 0 saturated heterocycles. The lowest BCUT2D eigenvalue weighted by Crippen LogP contribution is -2.21. The molecule has 11 heteroatoms. The molecule has 1 aliphatic carbocycles. The van der Waals surface area contributed by atoms with E-state index in [1.165, 1.54) is 18.3 Å². The lowest BCUT2D eigenvalue weighted by molar-refractivity contribution is 0.443. The third-order valence-electron chi connectivity index (χ3n) is 7.54. The molecule has 0 unspecified atom stereocenters. The maximum Gasteiger partial charge on any atom is 0.123 e. The van der Waals surface area contributed by atoms with Crippen LogP contribution in [0.1, 0.15) is 67.7 Å². The van der Waals surface area contributed by atoms with Crippen molar-refractivity contribution in [3.63, 3.8) is 0 Å². The van der Waals surface area contributed by atoms with Crippen LogP contribution in [0.15, 0.2) is 67.1 Å². The zero-order chi connectivity index (χ0) is 30.2. The van der Waals surface area contributed by atoms with E-state index in [0.29, 0.717) is 45.6 Å². The minimum Gasteiger partial charge on any atom is -0.383 e. The molecule has 5 aromatic rings. The van der Waals surface area contributed by atoms with Gasteiger partial charge in [0.05, 0.1) is 40.3 Å². The molecule has 0 bridgehead atoms. The third-order valence-corrected chi connectivity index (χ3v) is 7.54. The van der Waals surface area contributed by atoms with Crippen molar-refractivity contribution in [1.29, 1.82) is 10.5 Å². The summed E-state index contributed by atoms with van der Waals surface area (Å²) in [4.78, 5) is 4.45. The fraction of sp³-hybridized carbons (Fsp3) is 0.281. The lowest BCUT2D eigenvalue weighted by atomic mass is 9.96. The second kappa shape index (κ2) is 10.8. The standard InChI is InChI=1S/C32H29FN10/c1-31(2,3)19-37-29-22(16-35)17-36-28-21(15-34)13-24(14-25(28)29)39-30(20-6-8-23(33)9-7-20)26-18-43(42-40-26)32(10-11-32)27-5-4-12-38-41-27/h4-9,12-14,17-18,30,39H,10-11,19H2,1-3H3,(H,36,37)/t30-/m0/s1. The van der Waals surface area contributed by atoms with Crippen LogP contribution in [-0.4, -0.2) is 36.7 Å². The highest BCUT2D eigenvalue weighted by molar-refractivity contribution is 5.99. The number of hydrogen-bond acceptors (Lipinski definition) is 9. The molecule has 3 aromatic heterocycles. The number of aromatic nitrogens is 6. The quantitative estimate of drug-likeness (QED) is 0.240. The SMILES string of the molecule is CC(C)(C)CNc1c(C#N)cnc2c(C#N)cc(N[C@@H](c3ccc(F)cc3)c3cn(C4(c5cccnn5)CC4)nn3)cc12. The first-order valence-corrected chi connectivity index (χ1v) is 13.9. The number of hydrogen-bond donors (Lipinski definition) is 2. The average Bonchev–Trinajstić information content (AvgIpc) is 3.68. The van der Waals surface area contributed by atoms with Crippen LogP contribution in [0.3, 0.4) is 0 Å². The van der Waals surface area contributed by atoms with Gasteiger partial charge >= 0.3 is 0 Å². The van der Waals surface area contributed by atoms with Crippen molar-refractivity contribution in [1.82, 2.24) is 30.2 Å². The van der Waals surface area contributed by atoms with Gasteiger partial charge in [0.1, 0.15) is 29.2 Å². The number of halogens is 1. The largest absolute Gasteiger partial charge is 0.383 e. The van der Waals surface area contributed by atoms with E-state index in [-0.39, 0.29) is 11.2 Å². The number of nitriles is 2. The summed E-state index contributed by atoms with van der Waals surface area (Å²) in [5.74, 6) is -0.354. The zero-order valence-electron chi connectivity index (χ0n) is 24.0. The van der Waals surface area contributed by atoms with E-state index >= 15 is 0 Å². The second-order valence-electron chi connectivity index (χ2n) is 12.0. The molecule has 2 aromatic carbocycles. The Morgan fingerprint density at radius 1 is 1.05 bits per heavy atom. The van der Waals surface area contributed by atoms with E-state index in [0.717, 1.165) is 24.1 Å². The number of pyridine rings is 1. The number of anilines is 2. The summed E-state index contributed by atoms with van der Waals surface area (Å²) in [6, 6.07) is 17.5. The Hall–Kier alpha value is -5.42. The Kier molecular flexibility index (Phi) is 6.95. The van der Waals surface area contributed by atoms with Crippen LogP contribution in [0.5, 0.6) is 0 Å². The van der Waals surface area contributed by atoms with Crippen LogP contribution >= 0.6 is 0 Å². The van der Waals surface area contributed by atoms with Gasteiger partial charge in [0.25, 0.3) is 0 Å². The Bertz CT molecular complexity index is 1870. The number of nitrogens with one attached hydrogen (secondary N) is 2. The molecule has 0 aliphatic heterocycles. The maximum atomic E-state index is 13.9. The van der Waals surface area contributed by atoms with Crippen molar-refractivity contribution >= 4 is 22.3 Å². The number of benzene rings is 2. The van der Waals surface area contributed by atoms with Crippen molar-refractivity contribution in [2.45, 2.75) is 45.2 Å². The molecule has 0 amide bonds. The van der Waals surface area contributed by atoms with Crippen molar-refractivity contribution in [2.24, 2.45) is 5.41 Å². The highest BCUT2D eigenvalue weighted by Gasteiger charge is 2.49. The van der Waals surface area contributed by atoms with Gasteiger partial charge in [0, 0.05) is 30.0 Å². The fourth-order valence-electron chi connectivity index (χ4n) is 5.14. The molecule has 3 heterocycles. The number of rotatable bonds is 8. The zero-order valence-corrected chi connectivity index (χ0v) is 24.0. The van der Waals surface area contributed by atoms with Gasteiger partial charge < -0.3 is 10.6 Å². The molecule has 0 spiro atoms. The van der Waals surface area contributed by atoms with E-state index in [2.05, 4.69) is 69.0 Å². The lowest BCUT2D eigenvalue weighted by Gasteiger charge is -2.22. The molecule has 1 saturated carbocycles. The summed E-state index contributed by atoms with van der Waals surface area (Å²) >= 11 is 0. The molecule has 1 atom stereocenters. The van der Waals surface area contributed by atoms with E-state index < -0.39 is 11.6 Å². The first kappa shape index (κ1) is 27.7. The van der Waals surface area contributed by atoms with Crippen molar-refractivity contribution in [2.75, 3.05) is 17.2 Å². The molecule has 1 fully saturated rings. The predicted molar refractivity (Wildman–Crippen MR) is 159 cm³/mol. The van der Waals surface area contributed by atoms with Crippen LogP contribution < -0.4 is 10.6 Å². The van der Waals surface area contributed by atoms with Gasteiger partial charge in [0.15, 0.2) is 0 Å².